The first kappa shape index (κ1) is 20.5. The molecule has 1 heterocycles. The highest BCUT2D eigenvalue weighted by Crippen LogP contribution is 2.21. The summed E-state index contributed by atoms with van der Waals surface area (Å²) in [7, 11) is -2.10. The van der Waals surface area contributed by atoms with Crippen molar-refractivity contribution >= 4 is 16.0 Å². The van der Waals surface area contributed by atoms with E-state index in [1.807, 2.05) is 0 Å². The highest BCUT2D eigenvalue weighted by molar-refractivity contribution is 7.86. The van der Waals surface area contributed by atoms with E-state index in [2.05, 4.69) is 0 Å². The van der Waals surface area contributed by atoms with Gasteiger partial charge in [0.15, 0.2) is 0 Å². The molecule has 7 nitrogen and oxygen atoms in total. The molecule has 2 aromatic carbocycles. The smallest absolute Gasteiger partial charge is 0.306 e. The van der Waals surface area contributed by atoms with Crippen molar-refractivity contribution in [1.29, 1.82) is 0 Å². The summed E-state index contributed by atoms with van der Waals surface area (Å²) < 4.78 is 38.3. The molecule has 3 rings (SSSR count). The van der Waals surface area contributed by atoms with Crippen LogP contribution in [0.2, 0.25) is 0 Å². The van der Waals surface area contributed by atoms with Crippen molar-refractivity contribution in [1.82, 2.24) is 4.90 Å². The normalized spacial score (nSPS) is 11.1. The van der Waals surface area contributed by atoms with Crippen molar-refractivity contribution in [3.8, 4) is 11.5 Å². The standard InChI is InChI=1S/C21H21NO6S/c1-26-18-8-4-7-17(13-18)21(23)22(15-20-10-5-11-27-20)14-16-6-3-9-19(12-16)28-29(2,24)25/h3-13H,14-15H2,1-2H3. The number of hydrogen-bond acceptors (Lipinski definition) is 6. The number of amides is 1. The van der Waals surface area contributed by atoms with Gasteiger partial charge >= 0.3 is 10.1 Å². The van der Waals surface area contributed by atoms with Gasteiger partial charge in [-0.05, 0) is 48.0 Å². The summed E-state index contributed by atoms with van der Waals surface area (Å²) in [6, 6.07) is 17.0. The maximum atomic E-state index is 13.2. The number of rotatable bonds is 8. The minimum Gasteiger partial charge on any atom is -0.497 e. The van der Waals surface area contributed by atoms with E-state index >= 15 is 0 Å². The van der Waals surface area contributed by atoms with Crippen molar-refractivity contribution in [3.63, 3.8) is 0 Å². The third kappa shape index (κ3) is 5.86. The Morgan fingerprint density at radius 1 is 1.00 bits per heavy atom. The van der Waals surface area contributed by atoms with Crippen LogP contribution in [0.4, 0.5) is 0 Å². The van der Waals surface area contributed by atoms with Gasteiger partial charge < -0.3 is 18.2 Å². The lowest BCUT2D eigenvalue weighted by Gasteiger charge is -2.22. The Hall–Kier alpha value is -3.26. The summed E-state index contributed by atoms with van der Waals surface area (Å²) in [6.07, 6.45) is 2.53. The molecule has 0 aliphatic rings. The van der Waals surface area contributed by atoms with E-state index in [-0.39, 0.29) is 24.7 Å². The first-order chi connectivity index (χ1) is 13.8. The number of carbonyl (C=O) groups excluding carboxylic acids is 1. The van der Waals surface area contributed by atoms with Crippen molar-refractivity contribution in [2.75, 3.05) is 13.4 Å². The molecule has 0 aliphatic carbocycles. The van der Waals surface area contributed by atoms with Gasteiger partial charge in [0.2, 0.25) is 0 Å². The topological polar surface area (TPSA) is 86.0 Å². The first-order valence-electron chi connectivity index (χ1n) is 8.78. The van der Waals surface area contributed by atoms with E-state index in [1.165, 1.54) is 7.11 Å². The molecular formula is C21H21NO6S. The first-order valence-corrected chi connectivity index (χ1v) is 10.6. The van der Waals surface area contributed by atoms with Crippen LogP contribution >= 0.6 is 0 Å². The molecule has 0 atom stereocenters. The highest BCUT2D eigenvalue weighted by Gasteiger charge is 2.19. The van der Waals surface area contributed by atoms with Crippen LogP contribution in [0.25, 0.3) is 0 Å². The van der Waals surface area contributed by atoms with E-state index < -0.39 is 10.1 Å². The molecule has 29 heavy (non-hydrogen) atoms. The van der Waals surface area contributed by atoms with Crippen LogP contribution in [0, 0.1) is 0 Å². The summed E-state index contributed by atoms with van der Waals surface area (Å²) in [5, 5.41) is 0. The fraction of sp³-hybridized carbons (Fsp3) is 0.190. The number of hydrogen-bond donors (Lipinski definition) is 0. The Balaban J connectivity index is 1.87. The van der Waals surface area contributed by atoms with Crippen molar-refractivity contribution in [3.05, 3.63) is 83.8 Å². The maximum Gasteiger partial charge on any atom is 0.306 e. The molecule has 3 aromatic rings. The maximum absolute atomic E-state index is 13.2. The molecule has 0 N–H and O–H groups in total. The zero-order valence-electron chi connectivity index (χ0n) is 16.1. The molecule has 0 spiro atoms. The summed E-state index contributed by atoms with van der Waals surface area (Å²) in [6.45, 7) is 0.484. The second kappa shape index (κ2) is 8.83. The van der Waals surface area contributed by atoms with Gasteiger partial charge in [-0.1, -0.05) is 18.2 Å². The van der Waals surface area contributed by atoms with Crippen LogP contribution < -0.4 is 8.92 Å². The zero-order valence-corrected chi connectivity index (χ0v) is 16.9. The molecule has 0 unspecified atom stereocenters. The van der Waals surface area contributed by atoms with Gasteiger partial charge in [0.25, 0.3) is 5.91 Å². The minimum atomic E-state index is -3.64. The third-order valence-electron chi connectivity index (χ3n) is 4.05. The largest absolute Gasteiger partial charge is 0.497 e. The summed E-state index contributed by atoms with van der Waals surface area (Å²) in [4.78, 5) is 14.8. The zero-order chi connectivity index (χ0) is 20.9. The predicted octanol–water partition coefficient (Wildman–Crippen LogP) is 3.47. The van der Waals surface area contributed by atoms with Gasteiger partial charge in [0, 0.05) is 12.1 Å². The van der Waals surface area contributed by atoms with Crippen LogP contribution in [-0.4, -0.2) is 32.6 Å². The Morgan fingerprint density at radius 3 is 2.45 bits per heavy atom. The van der Waals surface area contributed by atoms with Gasteiger partial charge in [-0.25, -0.2) is 0 Å². The Kier molecular flexibility index (Phi) is 6.23. The molecule has 0 fully saturated rings. The van der Waals surface area contributed by atoms with Crippen LogP contribution in [0.15, 0.2) is 71.3 Å². The molecule has 0 saturated carbocycles. The van der Waals surface area contributed by atoms with E-state index in [1.54, 1.807) is 71.8 Å². The molecule has 0 radical (unpaired) electrons. The van der Waals surface area contributed by atoms with Gasteiger partial charge in [0.1, 0.15) is 17.3 Å². The quantitative estimate of drug-likeness (QED) is 0.524. The second-order valence-corrected chi connectivity index (χ2v) is 7.98. The highest BCUT2D eigenvalue weighted by atomic mass is 32.2. The van der Waals surface area contributed by atoms with Crippen molar-refractivity contribution < 1.29 is 26.5 Å². The van der Waals surface area contributed by atoms with Crippen LogP contribution in [0.3, 0.4) is 0 Å². The van der Waals surface area contributed by atoms with Gasteiger partial charge in [-0.2, -0.15) is 8.42 Å². The summed E-state index contributed by atoms with van der Waals surface area (Å²) in [5.74, 6) is 1.19. The fourth-order valence-corrected chi connectivity index (χ4v) is 3.27. The number of methoxy groups -OCH3 is 1. The number of nitrogens with zero attached hydrogens (tertiary/aromatic N) is 1. The average Bonchev–Trinajstić information content (AvgIpc) is 3.19. The fourth-order valence-electron chi connectivity index (χ4n) is 2.82. The van der Waals surface area contributed by atoms with E-state index in [4.69, 9.17) is 13.3 Å². The predicted molar refractivity (Wildman–Crippen MR) is 107 cm³/mol. The van der Waals surface area contributed by atoms with Gasteiger partial charge in [-0.15, -0.1) is 0 Å². The average molecular weight is 415 g/mol. The molecule has 0 saturated heterocycles. The van der Waals surface area contributed by atoms with Crippen molar-refractivity contribution in [2.24, 2.45) is 0 Å². The van der Waals surface area contributed by atoms with Crippen molar-refractivity contribution in [2.45, 2.75) is 13.1 Å². The van der Waals surface area contributed by atoms with E-state index in [9.17, 15) is 13.2 Å². The minimum absolute atomic E-state index is 0.191. The number of carbonyl (C=O) groups is 1. The summed E-state index contributed by atoms with van der Waals surface area (Å²) >= 11 is 0. The molecule has 152 valence electrons. The Bertz CT molecular complexity index is 1080. The Morgan fingerprint density at radius 2 is 1.76 bits per heavy atom. The van der Waals surface area contributed by atoms with Crippen LogP contribution in [-0.2, 0) is 23.2 Å². The van der Waals surface area contributed by atoms with Crippen LogP contribution in [0.1, 0.15) is 21.7 Å². The number of ether oxygens (including phenoxy) is 1. The lowest BCUT2D eigenvalue weighted by Crippen LogP contribution is -2.30. The van der Waals surface area contributed by atoms with Gasteiger partial charge in [-0.3, -0.25) is 4.79 Å². The molecule has 1 amide bonds. The molecule has 0 aliphatic heterocycles. The third-order valence-corrected chi connectivity index (χ3v) is 4.55. The molecular weight excluding hydrogens is 394 g/mol. The SMILES string of the molecule is COc1cccc(C(=O)N(Cc2cccc(OS(C)(=O)=O)c2)Cc2ccco2)c1. The lowest BCUT2D eigenvalue weighted by molar-refractivity contribution is 0.0717. The van der Waals surface area contributed by atoms with Crippen LogP contribution in [0.5, 0.6) is 11.5 Å². The number of benzene rings is 2. The van der Waals surface area contributed by atoms with E-state index in [0.29, 0.717) is 22.6 Å². The second-order valence-electron chi connectivity index (χ2n) is 6.41. The van der Waals surface area contributed by atoms with Gasteiger partial charge in [0.05, 0.1) is 26.2 Å². The number of furan rings is 1. The molecule has 8 heteroatoms. The molecule has 1 aromatic heterocycles. The monoisotopic (exact) mass is 415 g/mol. The summed E-state index contributed by atoms with van der Waals surface area (Å²) in [5.41, 5.74) is 1.19. The van der Waals surface area contributed by atoms with E-state index in [0.717, 1.165) is 6.26 Å². The molecule has 0 bridgehead atoms. The Labute approximate surface area is 169 Å². The lowest BCUT2D eigenvalue weighted by atomic mass is 10.1.